The van der Waals surface area contributed by atoms with E-state index in [-0.39, 0.29) is 36.9 Å². The van der Waals surface area contributed by atoms with Crippen molar-refractivity contribution in [3.8, 4) is 11.5 Å². The van der Waals surface area contributed by atoms with Crippen LogP contribution in [0.3, 0.4) is 0 Å². The van der Waals surface area contributed by atoms with Gasteiger partial charge in [-0.05, 0) is 60.7 Å². The Bertz CT molecular complexity index is 1240. The van der Waals surface area contributed by atoms with Crippen LogP contribution in [0.4, 0.5) is 36.4 Å². The predicted octanol–water partition coefficient (Wildman–Crippen LogP) is 7.10. The maximum Gasteiger partial charge on any atom is 0.573 e. The van der Waals surface area contributed by atoms with Crippen LogP contribution in [0.5, 0.6) is 11.5 Å². The maximum atomic E-state index is 14.6. The van der Waals surface area contributed by atoms with Crippen molar-refractivity contribution in [2.45, 2.75) is 44.6 Å². The second-order valence-electron chi connectivity index (χ2n) is 9.07. The molecule has 4 nitrogen and oxygen atoms in total. The number of hydrogen-bond donors (Lipinski definition) is 1. The molecule has 1 unspecified atom stereocenters. The summed E-state index contributed by atoms with van der Waals surface area (Å²) in [7, 11) is 0. The fraction of sp³-hybridized carbons (Fsp3) is 0.333. The van der Waals surface area contributed by atoms with Gasteiger partial charge in [0.1, 0.15) is 23.9 Å². The van der Waals surface area contributed by atoms with Crippen molar-refractivity contribution in [3.05, 3.63) is 89.2 Å². The fourth-order valence-electron chi connectivity index (χ4n) is 3.94. The Kier molecular flexibility index (Phi) is 8.05. The Morgan fingerprint density at radius 1 is 0.895 bits per heavy atom. The monoisotopic (exact) mass is 543 g/mol. The second kappa shape index (κ2) is 11.1. The first-order valence-electron chi connectivity index (χ1n) is 11.7. The van der Waals surface area contributed by atoms with Crippen LogP contribution < -0.4 is 14.4 Å². The van der Waals surface area contributed by atoms with Crippen molar-refractivity contribution in [3.63, 3.8) is 0 Å². The van der Waals surface area contributed by atoms with Gasteiger partial charge in [0.2, 0.25) is 0 Å². The summed E-state index contributed by atoms with van der Waals surface area (Å²) in [5.74, 6) is -0.950. The predicted molar refractivity (Wildman–Crippen MR) is 125 cm³/mol. The van der Waals surface area contributed by atoms with Crippen LogP contribution in [0.15, 0.2) is 66.7 Å². The van der Waals surface area contributed by atoms with Crippen LogP contribution in [0, 0.1) is 11.7 Å². The Morgan fingerprint density at radius 3 is 2.26 bits per heavy atom. The molecular weight excluding hydrogens is 519 g/mol. The molecule has 1 aliphatic carbocycles. The highest BCUT2D eigenvalue weighted by molar-refractivity contribution is 5.51. The first-order valence-corrected chi connectivity index (χ1v) is 11.7. The van der Waals surface area contributed by atoms with E-state index in [4.69, 9.17) is 4.74 Å². The zero-order chi connectivity index (χ0) is 27.5. The second-order valence-corrected chi connectivity index (χ2v) is 9.07. The summed E-state index contributed by atoms with van der Waals surface area (Å²) < 4.78 is 101. The zero-order valence-electron chi connectivity index (χ0n) is 19.9. The van der Waals surface area contributed by atoms with Gasteiger partial charge in [-0.2, -0.15) is 13.2 Å². The van der Waals surface area contributed by atoms with Gasteiger partial charge in [0.25, 0.3) is 0 Å². The molecule has 1 N–H and O–H groups in total. The molecule has 0 radical (unpaired) electrons. The lowest BCUT2D eigenvalue weighted by molar-refractivity contribution is -0.274. The first-order chi connectivity index (χ1) is 17.9. The summed E-state index contributed by atoms with van der Waals surface area (Å²) in [6.45, 7) is -0.0593. The highest BCUT2D eigenvalue weighted by Gasteiger charge is 2.33. The number of aliphatic hydroxyl groups is 1. The summed E-state index contributed by atoms with van der Waals surface area (Å²) >= 11 is 0. The molecule has 0 spiro atoms. The summed E-state index contributed by atoms with van der Waals surface area (Å²) in [6, 6.07) is 14.2. The molecule has 0 saturated heterocycles. The lowest BCUT2D eigenvalue weighted by Gasteiger charge is -2.28. The van der Waals surface area contributed by atoms with Crippen molar-refractivity contribution in [1.29, 1.82) is 0 Å². The molecule has 0 amide bonds. The Balaban J connectivity index is 1.51. The summed E-state index contributed by atoms with van der Waals surface area (Å²) in [5.41, 5.74) is -0.127. The molecule has 0 aliphatic heterocycles. The molecule has 4 rings (SSSR count). The number of ether oxygens (including phenoxy) is 2. The van der Waals surface area contributed by atoms with E-state index in [0.717, 1.165) is 25.0 Å². The smallest absolute Gasteiger partial charge is 0.489 e. The van der Waals surface area contributed by atoms with Gasteiger partial charge in [-0.15, -0.1) is 13.2 Å². The summed E-state index contributed by atoms with van der Waals surface area (Å²) in [5, 5.41) is 10.5. The van der Waals surface area contributed by atoms with E-state index in [9.17, 15) is 35.8 Å². The van der Waals surface area contributed by atoms with E-state index in [1.807, 2.05) is 0 Å². The van der Waals surface area contributed by atoms with Gasteiger partial charge >= 0.3 is 12.5 Å². The maximum absolute atomic E-state index is 14.6. The number of alkyl halides is 6. The standard InChI is InChI=1S/C27H24F7NO3/c28-24-12-20(26(29,30)31)10-9-19(24)14-35(15-25(36)18-7-8-18)21-4-2-5-22(13-21)37-16-17-3-1-6-23(11-17)38-27(32,33)34/h1-6,9-13,18,25,36H,7-8,14-16H2. The molecule has 0 heterocycles. The quantitative estimate of drug-likeness (QED) is 0.277. The highest BCUT2D eigenvalue weighted by atomic mass is 19.4. The molecule has 204 valence electrons. The number of benzene rings is 3. The average Bonchev–Trinajstić information content (AvgIpc) is 3.68. The summed E-state index contributed by atoms with van der Waals surface area (Å²) in [4.78, 5) is 1.65. The van der Waals surface area contributed by atoms with Gasteiger partial charge in [-0.1, -0.05) is 24.3 Å². The van der Waals surface area contributed by atoms with Crippen molar-refractivity contribution in [1.82, 2.24) is 0 Å². The average molecular weight is 543 g/mol. The van der Waals surface area contributed by atoms with Crippen molar-refractivity contribution < 1.29 is 45.3 Å². The topological polar surface area (TPSA) is 41.9 Å². The molecule has 3 aromatic rings. The third kappa shape index (κ3) is 7.77. The lowest BCUT2D eigenvalue weighted by atomic mass is 10.1. The zero-order valence-corrected chi connectivity index (χ0v) is 19.9. The van der Waals surface area contributed by atoms with Crippen LogP contribution in [0.2, 0.25) is 0 Å². The molecule has 1 atom stereocenters. The van der Waals surface area contributed by atoms with Gasteiger partial charge in [0, 0.05) is 30.4 Å². The molecule has 0 bridgehead atoms. The number of anilines is 1. The first kappa shape index (κ1) is 27.6. The van der Waals surface area contributed by atoms with Crippen molar-refractivity contribution in [2.24, 2.45) is 5.92 Å². The minimum atomic E-state index is -4.82. The van der Waals surface area contributed by atoms with E-state index in [2.05, 4.69) is 4.74 Å². The van der Waals surface area contributed by atoms with Crippen LogP contribution >= 0.6 is 0 Å². The van der Waals surface area contributed by atoms with Crippen LogP contribution in [0.1, 0.15) is 29.5 Å². The molecule has 11 heteroatoms. The van der Waals surface area contributed by atoms with Crippen LogP contribution in [-0.2, 0) is 19.3 Å². The van der Waals surface area contributed by atoms with E-state index >= 15 is 0 Å². The highest BCUT2D eigenvalue weighted by Crippen LogP contribution is 2.35. The Hall–Kier alpha value is -3.47. The van der Waals surface area contributed by atoms with Gasteiger partial charge < -0.3 is 19.5 Å². The SMILES string of the molecule is OC(CN(Cc1ccc(C(F)(F)F)cc1F)c1cccc(OCc2cccc(OC(F)(F)F)c2)c1)C1CC1. The minimum Gasteiger partial charge on any atom is -0.489 e. The van der Waals surface area contributed by atoms with E-state index in [1.165, 1.54) is 18.2 Å². The Labute approximate surface area is 214 Å². The van der Waals surface area contributed by atoms with Crippen LogP contribution in [0.25, 0.3) is 0 Å². The molecular formula is C27H24F7NO3. The van der Waals surface area contributed by atoms with Gasteiger partial charge in [0.15, 0.2) is 0 Å². The van der Waals surface area contributed by atoms with E-state index < -0.39 is 30.0 Å². The van der Waals surface area contributed by atoms with Crippen molar-refractivity contribution in [2.75, 3.05) is 11.4 Å². The molecule has 1 saturated carbocycles. The largest absolute Gasteiger partial charge is 0.573 e. The van der Waals surface area contributed by atoms with Gasteiger partial charge in [-0.25, -0.2) is 4.39 Å². The lowest BCUT2D eigenvalue weighted by Crippen LogP contribution is -2.33. The molecule has 3 aromatic carbocycles. The normalized spacial score (nSPS) is 14.7. The molecule has 38 heavy (non-hydrogen) atoms. The summed E-state index contributed by atoms with van der Waals surface area (Å²) in [6.07, 6.45) is -8.51. The van der Waals surface area contributed by atoms with E-state index in [1.54, 1.807) is 35.2 Å². The van der Waals surface area contributed by atoms with Gasteiger partial charge in [-0.3, -0.25) is 0 Å². The molecule has 0 aromatic heterocycles. The van der Waals surface area contributed by atoms with E-state index in [0.29, 0.717) is 23.1 Å². The molecule has 1 aliphatic rings. The molecule has 1 fully saturated rings. The third-order valence-electron chi connectivity index (χ3n) is 6.04. The Morgan fingerprint density at radius 2 is 1.61 bits per heavy atom. The number of hydrogen-bond acceptors (Lipinski definition) is 4. The third-order valence-corrected chi connectivity index (χ3v) is 6.04. The van der Waals surface area contributed by atoms with Gasteiger partial charge in [0.05, 0.1) is 11.7 Å². The minimum absolute atomic E-state index is 0.0220. The van der Waals surface area contributed by atoms with Crippen LogP contribution in [-0.4, -0.2) is 24.1 Å². The van der Waals surface area contributed by atoms with Crippen molar-refractivity contribution >= 4 is 5.69 Å². The fourth-order valence-corrected chi connectivity index (χ4v) is 3.94. The number of aliphatic hydroxyl groups excluding tert-OH is 1. The number of nitrogens with zero attached hydrogens (tertiary/aromatic N) is 1. The number of rotatable bonds is 10. The number of halogens is 7.